The number of carbonyl (C=O) groups excluding carboxylic acids is 1. The SMILES string of the molecule is CC1(C)C(O)=CC(=O)C=C1O. The third-order valence-corrected chi connectivity index (χ3v) is 1.84. The van der Waals surface area contributed by atoms with E-state index in [0.717, 1.165) is 12.2 Å². The lowest BCUT2D eigenvalue weighted by atomic mass is 9.84. The summed E-state index contributed by atoms with van der Waals surface area (Å²) in [5.41, 5.74) is -0.812. The van der Waals surface area contributed by atoms with Crippen molar-refractivity contribution in [1.29, 1.82) is 0 Å². The normalized spacial score (nSPS) is 22.5. The van der Waals surface area contributed by atoms with Crippen LogP contribution in [0.1, 0.15) is 13.8 Å². The van der Waals surface area contributed by atoms with Gasteiger partial charge in [0.1, 0.15) is 11.5 Å². The number of ketones is 1. The highest BCUT2D eigenvalue weighted by molar-refractivity contribution is 6.01. The molecule has 0 bridgehead atoms. The Labute approximate surface area is 64.7 Å². The van der Waals surface area contributed by atoms with Gasteiger partial charge in [0, 0.05) is 12.2 Å². The summed E-state index contributed by atoms with van der Waals surface area (Å²) in [6, 6.07) is 0. The summed E-state index contributed by atoms with van der Waals surface area (Å²) in [6.07, 6.45) is 2.22. The molecular formula is C8H10O3. The molecular weight excluding hydrogens is 144 g/mol. The van der Waals surface area contributed by atoms with Crippen molar-refractivity contribution in [1.82, 2.24) is 0 Å². The van der Waals surface area contributed by atoms with Crippen molar-refractivity contribution in [3.63, 3.8) is 0 Å². The molecule has 0 aromatic carbocycles. The summed E-state index contributed by atoms with van der Waals surface area (Å²) in [5, 5.41) is 18.4. The second-order valence-corrected chi connectivity index (χ2v) is 3.09. The first-order valence-electron chi connectivity index (χ1n) is 3.31. The van der Waals surface area contributed by atoms with Crippen molar-refractivity contribution in [2.75, 3.05) is 0 Å². The highest BCUT2D eigenvalue weighted by Crippen LogP contribution is 2.33. The van der Waals surface area contributed by atoms with Crippen LogP contribution in [0.15, 0.2) is 23.7 Å². The van der Waals surface area contributed by atoms with Gasteiger partial charge in [0.2, 0.25) is 0 Å². The van der Waals surface area contributed by atoms with Crippen molar-refractivity contribution in [2.24, 2.45) is 5.41 Å². The zero-order chi connectivity index (χ0) is 8.65. The quantitative estimate of drug-likeness (QED) is 0.555. The Morgan fingerprint density at radius 2 is 1.55 bits per heavy atom. The summed E-state index contributed by atoms with van der Waals surface area (Å²) in [5.74, 6) is -0.565. The molecule has 0 amide bonds. The summed E-state index contributed by atoms with van der Waals surface area (Å²) in [7, 11) is 0. The molecule has 1 aliphatic carbocycles. The van der Waals surface area contributed by atoms with E-state index in [1.807, 2.05) is 0 Å². The van der Waals surface area contributed by atoms with E-state index in [9.17, 15) is 15.0 Å². The van der Waals surface area contributed by atoms with Crippen LogP contribution < -0.4 is 0 Å². The molecule has 0 spiro atoms. The Hall–Kier alpha value is -1.25. The largest absolute Gasteiger partial charge is 0.511 e. The molecule has 0 unspecified atom stereocenters. The molecule has 0 radical (unpaired) electrons. The summed E-state index contributed by atoms with van der Waals surface area (Å²) in [4.78, 5) is 10.7. The summed E-state index contributed by atoms with van der Waals surface area (Å²) >= 11 is 0. The lowest BCUT2D eigenvalue weighted by Gasteiger charge is -2.25. The number of aliphatic hydroxyl groups is 2. The molecule has 0 saturated carbocycles. The smallest absolute Gasteiger partial charge is 0.185 e. The molecule has 0 aromatic heterocycles. The van der Waals surface area contributed by atoms with Gasteiger partial charge in [0.25, 0.3) is 0 Å². The first-order valence-corrected chi connectivity index (χ1v) is 3.31. The Kier molecular flexibility index (Phi) is 1.51. The molecule has 0 atom stereocenters. The van der Waals surface area contributed by atoms with Gasteiger partial charge < -0.3 is 10.2 Å². The molecule has 0 aromatic rings. The third-order valence-electron chi connectivity index (χ3n) is 1.84. The topological polar surface area (TPSA) is 57.5 Å². The minimum Gasteiger partial charge on any atom is -0.511 e. The van der Waals surface area contributed by atoms with Gasteiger partial charge in [0.05, 0.1) is 5.41 Å². The first kappa shape index (κ1) is 7.85. The standard InChI is InChI=1S/C8H10O3/c1-8(2)6(10)3-5(9)4-7(8)11/h3-4,10-11H,1-2H3. The van der Waals surface area contributed by atoms with Gasteiger partial charge in [-0.15, -0.1) is 0 Å². The van der Waals surface area contributed by atoms with Gasteiger partial charge in [0.15, 0.2) is 5.78 Å². The second kappa shape index (κ2) is 2.12. The van der Waals surface area contributed by atoms with Crippen LogP contribution in [0.2, 0.25) is 0 Å². The van der Waals surface area contributed by atoms with Crippen LogP contribution in [0, 0.1) is 5.41 Å². The fourth-order valence-electron chi connectivity index (χ4n) is 0.803. The van der Waals surface area contributed by atoms with Gasteiger partial charge >= 0.3 is 0 Å². The highest BCUT2D eigenvalue weighted by Gasteiger charge is 2.32. The Morgan fingerprint density at radius 1 is 1.18 bits per heavy atom. The van der Waals surface area contributed by atoms with Crippen LogP contribution in [-0.4, -0.2) is 16.0 Å². The van der Waals surface area contributed by atoms with Crippen LogP contribution in [0.4, 0.5) is 0 Å². The zero-order valence-electron chi connectivity index (χ0n) is 6.46. The van der Waals surface area contributed by atoms with Crippen molar-refractivity contribution >= 4 is 5.78 Å². The molecule has 0 heterocycles. The van der Waals surface area contributed by atoms with Gasteiger partial charge in [-0.1, -0.05) is 0 Å². The third kappa shape index (κ3) is 1.13. The average molecular weight is 154 g/mol. The maximum atomic E-state index is 10.7. The van der Waals surface area contributed by atoms with Gasteiger partial charge in [-0.3, -0.25) is 4.79 Å². The fraction of sp³-hybridized carbons (Fsp3) is 0.375. The Bertz CT molecular complexity index is 235. The first-order chi connectivity index (χ1) is 4.94. The van der Waals surface area contributed by atoms with Crippen molar-refractivity contribution in [3.8, 4) is 0 Å². The van der Waals surface area contributed by atoms with Crippen LogP contribution in [0.5, 0.6) is 0 Å². The molecule has 0 fully saturated rings. The number of hydrogen-bond acceptors (Lipinski definition) is 3. The predicted molar refractivity (Wildman–Crippen MR) is 40.2 cm³/mol. The monoisotopic (exact) mass is 154 g/mol. The van der Waals surface area contributed by atoms with Crippen molar-refractivity contribution < 1.29 is 15.0 Å². The fourth-order valence-corrected chi connectivity index (χ4v) is 0.803. The van der Waals surface area contributed by atoms with Gasteiger partial charge in [-0.05, 0) is 13.8 Å². The van der Waals surface area contributed by atoms with Crippen LogP contribution in [0.3, 0.4) is 0 Å². The van der Waals surface area contributed by atoms with E-state index in [1.54, 1.807) is 13.8 Å². The molecule has 1 aliphatic rings. The number of allylic oxidation sites excluding steroid dienone is 2. The van der Waals surface area contributed by atoms with Gasteiger partial charge in [-0.25, -0.2) is 0 Å². The molecule has 2 N–H and O–H groups in total. The van der Waals surface area contributed by atoms with Crippen LogP contribution in [-0.2, 0) is 4.79 Å². The van der Waals surface area contributed by atoms with Crippen molar-refractivity contribution in [3.05, 3.63) is 23.7 Å². The van der Waals surface area contributed by atoms with Crippen LogP contribution >= 0.6 is 0 Å². The van der Waals surface area contributed by atoms with Gasteiger partial charge in [-0.2, -0.15) is 0 Å². The number of carbonyl (C=O) groups is 1. The van der Waals surface area contributed by atoms with E-state index in [4.69, 9.17) is 0 Å². The van der Waals surface area contributed by atoms with E-state index in [0.29, 0.717) is 0 Å². The van der Waals surface area contributed by atoms with E-state index in [2.05, 4.69) is 0 Å². The maximum absolute atomic E-state index is 10.7. The minimum absolute atomic E-state index is 0.0949. The summed E-state index contributed by atoms with van der Waals surface area (Å²) < 4.78 is 0. The van der Waals surface area contributed by atoms with E-state index < -0.39 is 5.41 Å². The number of aliphatic hydroxyl groups excluding tert-OH is 2. The van der Waals surface area contributed by atoms with Crippen LogP contribution in [0.25, 0.3) is 0 Å². The summed E-state index contributed by atoms with van der Waals surface area (Å²) in [6.45, 7) is 3.27. The minimum atomic E-state index is -0.812. The predicted octanol–water partition coefficient (Wildman–Crippen LogP) is 1.48. The maximum Gasteiger partial charge on any atom is 0.185 e. The number of rotatable bonds is 0. The lowest BCUT2D eigenvalue weighted by molar-refractivity contribution is -0.111. The Morgan fingerprint density at radius 3 is 1.91 bits per heavy atom. The molecule has 0 aliphatic heterocycles. The molecule has 3 heteroatoms. The molecule has 0 saturated heterocycles. The van der Waals surface area contributed by atoms with Crippen molar-refractivity contribution in [2.45, 2.75) is 13.8 Å². The molecule has 60 valence electrons. The molecule has 3 nitrogen and oxygen atoms in total. The van der Waals surface area contributed by atoms with E-state index >= 15 is 0 Å². The lowest BCUT2D eigenvalue weighted by Crippen LogP contribution is -2.22. The number of hydrogen-bond donors (Lipinski definition) is 2. The molecule has 11 heavy (non-hydrogen) atoms. The highest BCUT2D eigenvalue weighted by atomic mass is 16.3. The zero-order valence-corrected chi connectivity index (χ0v) is 6.46. The Balaban J connectivity index is 3.11. The molecule has 1 rings (SSSR count). The van der Waals surface area contributed by atoms with E-state index in [1.165, 1.54) is 0 Å². The average Bonchev–Trinajstić information content (AvgIpc) is 1.84. The van der Waals surface area contributed by atoms with E-state index in [-0.39, 0.29) is 17.3 Å². The second-order valence-electron chi connectivity index (χ2n) is 3.09.